The van der Waals surface area contributed by atoms with Crippen molar-refractivity contribution in [1.82, 2.24) is 0 Å². The highest BCUT2D eigenvalue weighted by Gasteiger charge is 2.24. The van der Waals surface area contributed by atoms with Crippen LogP contribution in [0, 0.1) is 0 Å². The second-order valence-electron chi connectivity index (χ2n) is 8.94. The zero-order chi connectivity index (χ0) is 25.1. The molecule has 0 unspecified atom stereocenters. The Bertz CT molecular complexity index is 1370. The standard InChI is InChI=1S/C30H30O4S/c1-4-30(3,5-2)24-10-18-28(19-11-24)35(32,33)29-20-16-27(17-21-29)34-26-14-8-23(9-15-26)22-6-12-25(31)13-7-22/h6-21,31H,4-5H2,1-3H3. The Morgan fingerprint density at radius 2 is 1.06 bits per heavy atom. The molecule has 0 radical (unpaired) electrons. The van der Waals surface area contributed by atoms with Crippen LogP contribution in [0.3, 0.4) is 0 Å². The van der Waals surface area contributed by atoms with Crippen LogP contribution in [-0.2, 0) is 15.3 Å². The van der Waals surface area contributed by atoms with E-state index >= 15 is 0 Å². The van der Waals surface area contributed by atoms with E-state index in [1.165, 1.54) is 0 Å². The summed E-state index contributed by atoms with van der Waals surface area (Å²) in [6.45, 7) is 6.51. The van der Waals surface area contributed by atoms with E-state index in [0.29, 0.717) is 11.5 Å². The first-order valence-corrected chi connectivity index (χ1v) is 13.3. The van der Waals surface area contributed by atoms with Gasteiger partial charge < -0.3 is 9.84 Å². The minimum absolute atomic E-state index is 0.0452. The first-order valence-electron chi connectivity index (χ1n) is 11.8. The molecule has 0 spiro atoms. The zero-order valence-electron chi connectivity index (χ0n) is 20.2. The molecule has 0 atom stereocenters. The van der Waals surface area contributed by atoms with Crippen molar-refractivity contribution in [2.24, 2.45) is 0 Å². The molecule has 0 saturated heterocycles. The second-order valence-corrected chi connectivity index (χ2v) is 10.9. The lowest BCUT2D eigenvalue weighted by Crippen LogP contribution is -2.19. The van der Waals surface area contributed by atoms with Gasteiger partial charge in [0.25, 0.3) is 0 Å². The number of sulfone groups is 1. The molecular formula is C30H30O4S. The molecule has 0 fully saturated rings. The fraction of sp³-hybridized carbons (Fsp3) is 0.200. The Labute approximate surface area is 207 Å². The Kier molecular flexibility index (Phi) is 6.99. The summed E-state index contributed by atoms with van der Waals surface area (Å²) in [7, 11) is -3.62. The van der Waals surface area contributed by atoms with Crippen molar-refractivity contribution in [3.63, 3.8) is 0 Å². The van der Waals surface area contributed by atoms with Crippen molar-refractivity contribution in [3.8, 4) is 28.4 Å². The van der Waals surface area contributed by atoms with Gasteiger partial charge >= 0.3 is 0 Å². The molecule has 5 heteroatoms. The summed E-state index contributed by atoms with van der Waals surface area (Å²) < 4.78 is 32.2. The van der Waals surface area contributed by atoms with Crippen LogP contribution in [0.1, 0.15) is 39.2 Å². The van der Waals surface area contributed by atoms with Crippen molar-refractivity contribution in [1.29, 1.82) is 0 Å². The summed E-state index contributed by atoms with van der Waals surface area (Å²) in [5.41, 5.74) is 3.19. The number of hydrogen-bond acceptors (Lipinski definition) is 4. The lowest BCUT2D eigenvalue weighted by atomic mass is 9.78. The Hall–Kier alpha value is -3.57. The third-order valence-electron chi connectivity index (χ3n) is 6.85. The normalized spacial score (nSPS) is 11.9. The second kappa shape index (κ2) is 9.96. The van der Waals surface area contributed by atoms with E-state index in [2.05, 4.69) is 20.8 Å². The summed E-state index contributed by atoms with van der Waals surface area (Å²) in [6.07, 6.45) is 1.99. The van der Waals surface area contributed by atoms with Gasteiger partial charge in [-0.05, 0) is 95.6 Å². The van der Waals surface area contributed by atoms with Crippen molar-refractivity contribution < 1.29 is 18.3 Å². The number of phenols is 1. The lowest BCUT2D eigenvalue weighted by Gasteiger charge is -2.27. The summed E-state index contributed by atoms with van der Waals surface area (Å²) in [5, 5.41) is 9.45. The highest BCUT2D eigenvalue weighted by Crippen LogP contribution is 2.33. The molecule has 35 heavy (non-hydrogen) atoms. The van der Waals surface area contributed by atoms with E-state index in [9.17, 15) is 13.5 Å². The number of ether oxygens (including phenoxy) is 1. The number of hydrogen-bond donors (Lipinski definition) is 1. The van der Waals surface area contributed by atoms with Crippen LogP contribution in [0.25, 0.3) is 11.1 Å². The van der Waals surface area contributed by atoms with Crippen molar-refractivity contribution in [2.45, 2.75) is 48.8 Å². The minimum Gasteiger partial charge on any atom is -0.508 e. The predicted molar refractivity (Wildman–Crippen MR) is 140 cm³/mol. The highest BCUT2D eigenvalue weighted by molar-refractivity contribution is 7.91. The Balaban J connectivity index is 1.48. The van der Waals surface area contributed by atoms with Gasteiger partial charge in [0.15, 0.2) is 0 Å². The van der Waals surface area contributed by atoms with Crippen LogP contribution < -0.4 is 4.74 Å². The minimum atomic E-state index is -3.62. The third-order valence-corrected chi connectivity index (χ3v) is 8.63. The molecule has 0 aliphatic heterocycles. The highest BCUT2D eigenvalue weighted by atomic mass is 32.2. The van der Waals surface area contributed by atoms with E-state index < -0.39 is 9.84 Å². The van der Waals surface area contributed by atoms with Crippen LogP contribution in [0.2, 0.25) is 0 Å². The predicted octanol–water partition coefficient (Wildman–Crippen LogP) is 7.76. The lowest BCUT2D eigenvalue weighted by molar-refractivity contribution is 0.438. The summed E-state index contributed by atoms with van der Waals surface area (Å²) in [5.74, 6) is 1.43. The van der Waals surface area contributed by atoms with E-state index in [-0.39, 0.29) is 21.0 Å². The monoisotopic (exact) mass is 486 g/mol. The molecule has 0 amide bonds. The van der Waals surface area contributed by atoms with Crippen molar-refractivity contribution in [2.75, 3.05) is 0 Å². The summed E-state index contributed by atoms with van der Waals surface area (Å²) in [4.78, 5) is 0.517. The molecule has 180 valence electrons. The van der Waals surface area contributed by atoms with Gasteiger partial charge in [-0.1, -0.05) is 57.2 Å². The van der Waals surface area contributed by atoms with E-state index in [1.54, 1.807) is 48.5 Å². The molecule has 0 aliphatic rings. The van der Waals surface area contributed by atoms with Gasteiger partial charge in [0.2, 0.25) is 9.84 Å². The average molecular weight is 487 g/mol. The summed E-state index contributed by atoms with van der Waals surface area (Å²) in [6, 6.07) is 28.3. The fourth-order valence-electron chi connectivity index (χ4n) is 4.02. The Morgan fingerprint density at radius 3 is 1.51 bits per heavy atom. The van der Waals surface area contributed by atoms with E-state index in [0.717, 1.165) is 29.5 Å². The molecule has 1 N–H and O–H groups in total. The van der Waals surface area contributed by atoms with Crippen LogP contribution >= 0.6 is 0 Å². The SMILES string of the molecule is CCC(C)(CC)c1ccc(S(=O)(=O)c2ccc(Oc3ccc(-c4ccc(O)cc4)cc3)cc2)cc1. The quantitative estimate of drug-likeness (QED) is 0.276. The number of aromatic hydroxyl groups is 1. The smallest absolute Gasteiger partial charge is 0.206 e. The van der Waals surface area contributed by atoms with Gasteiger partial charge in [-0.3, -0.25) is 0 Å². The largest absolute Gasteiger partial charge is 0.508 e. The first kappa shape index (κ1) is 24.6. The molecule has 4 aromatic carbocycles. The molecule has 0 aliphatic carbocycles. The van der Waals surface area contributed by atoms with E-state index in [1.807, 2.05) is 48.5 Å². The van der Waals surface area contributed by atoms with Gasteiger partial charge in [0, 0.05) is 0 Å². The molecule has 4 aromatic rings. The molecular weight excluding hydrogens is 456 g/mol. The van der Waals surface area contributed by atoms with Crippen LogP contribution in [0.4, 0.5) is 0 Å². The molecule has 0 heterocycles. The van der Waals surface area contributed by atoms with Gasteiger partial charge in [0.1, 0.15) is 17.2 Å². The Morgan fingerprint density at radius 1 is 0.657 bits per heavy atom. The van der Waals surface area contributed by atoms with Crippen molar-refractivity contribution >= 4 is 9.84 Å². The fourth-order valence-corrected chi connectivity index (χ4v) is 5.28. The number of benzene rings is 4. The molecule has 0 bridgehead atoms. The van der Waals surface area contributed by atoms with Gasteiger partial charge in [-0.15, -0.1) is 0 Å². The first-order chi connectivity index (χ1) is 16.7. The summed E-state index contributed by atoms with van der Waals surface area (Å²) >= 11 is 0. The molecule has 4 nitrogen and oxygen atoms in total. The van der Waals surface area contributed by atoms with Crippen LogP contribution in [0.5, 0.6) is 17.2 Å². The number of rotatable bonds is 8. The maximum Gasteiger partial charge on any atom is 0.206 e. The van der Waals surface area contributed by atoms with Crippen molar-refractivity contribution in [3.05, 3.63) is 103 Å². The number of phenolic OH excluding ortho intramolecular Hbond substituents is 1. The van der Waals surface area contributed by atoms with Crippen LogP contribution in [-0.4, -0.2) is 13.5 Å². The third kappa shape index (κ3) is 5.25. The van der Waals surface area contributed by atoms with E-state index in [4.69, 9.17) is 4.74 Å². The maximum atomic E-state index is 13.1. The van der Waals surface area contributed by atoms with Gasteiger partial charge in [-0.2, -0.15) is 0 Å². The zero-order valence-corrected chi connectivity index (χ0v) is 21.0. The molecule has 0 saturated carbocycles. The maximum absolute atomic E-state index is 13.1. The van der Waals surface area contributed by atoms with Crippen LogP contribution in [0.15, 0.2) is 107 Å². The topological polar surface area (TPSA) is 63.6 Å². The molecule has 4 rings (SSSR count). The van der Waals surface area contributed by atoms with Gasteiger partial charge in [0.05, 0.1) is 9.79 Å². The average Bonchev–Trinajstić information content (AvgIpc) is 2.89. The van der Waals surface area contributed by atoms with Gasteiger partial charge in [-0.25, -0.2) is 8.42 Å². The molecule has 0 aromatic heterocycles.